The molecule has 2 rings (SSSR count). The van der Waals surface area contributed by atoms with Crippen LogP contribution >= 0.6 is 0 Å². The third-order valence-corrected chi connectivity index (χ3v) is 3.40. The van der Waals surface area contributed by atoms with Crippen molar-refractivity contribution in [2.45, 2.75) is 6.92 Å². The number of benzene rings is 1. The van der Waals surface area contributed by atoms with Crippen LogP contribution in [0, 0.1) is 18.8 Å². The first-order chi connectivity index (χ1) is 8.78. The lowest BCUT2D eigenvalue weighted by Gasteiger charge is -2.32. The molecular formula is C16H21N2. The van der Waals surface area contributed by atoms with E-state index >= 15 is 0 Å². The molecule has 1 aliphatic rings. The van der Waals surface area contributed by atoms with Crippen LogP contribution in [-0.4, -0.2) is 49.1 Å². The maximum atomic E-state index is 3.87. The van der Waals surface area contributed by atoms with Gasteiger partial charge in [-0.1, -0.05) is 30.9 Å². The van der Waals surface area contributed by atoms with Gasteiger partial charge < -0.3 is 4.90 Å². The van der Waals surface area contributed by atoms with Crippen molar-refractivity contribution in [3.05, 3.63) is 42.3 Å². The number of rotatable bonds is 2. The van der Waals surface area contributed by atoms with E-state index in [1.807, 2.05) is 24.3 Å². The summed E-state index contributed by atoms with van der Waals surface area (Å²) in [4.78, 5) is 4.91. The largest absolute Gasteiger partial charge is 0.301 e. The Morgan fingerprint density at radius 2 is 1.67 bits per heavy atom. The first kappa shape index (κ1) is 13.1. The average Bonchev–Trinajstić information content (AvgIpc) is 2.42. The van der Waals surface area contributed by atoms with Crippen LogP contribution < -0.4 is 0 Å². The van der Waals surface area contributed by atoms with Crippen LogP contribution in [0.5, 0.6) is 0 Å². The van der Waals surface area contributed by atoms with Crippen LogP contribution in [0.1, 0.15) is 18.1 Å². The molecule has 1 aliphatic heterocycles. The number of hydrogen-bond acceptors (Lipinski definition) is 2. The van der Waals surface area contributed by atoms with Crippen molar-refractivity contribution in [3.63, 3.8) is 0 Å². The third-order valence-electron chi connectivity index (χ3n) is 3.40. The second-order valence-corrected chi connectivity index (χ2v) is 4.71. The summed E-state index contributed by atoms with van der Waals surface area (Å²) in [6.07, 6.45) is 0. The summed E-state index contributed by atoms with van der Waals surface area (Å²) in [7, 11) is 0. The van der Waals surface area contributed by atoms with Crippen molar-refractivity contribution in [1.82, 2.24) is 9.80 Å². The van der Waals surface area contributed by atoms with E-state index in [9.17, 15) is 0 Å². The SMILES string of the molecule is [CH2]c1ccc(C#CCN2CCN(CC)CC2)cc1. The summed E-state index contributed by atoms with van der Waals surface area (Å²) in [5.41, 5.74) is 2.12. The minimum Gasteiger partial charge on any atom is -0.301 e. The number of piperazine rings is 1. The van der Waals surface area contributed by atoms with Crippen LogP contribution in [0.4, 0.5) is 0 Å². The average molecular weight is 241 g/mol. The van der Waals surface area contributed by atoms with Crippen molar-refractivity contribution < 1.29 is 0 Å². The highest BCUT2D eigenvalue weighted by molar-refractivity contribution is 5.36. The molecule has 0 bridgehead atoms. The predicted octanol–water partition coefficient (Wildman–Crippen LogP) is 1.86. The summed E-state index contributed by atoms with van der Waals surface area (Å²) in [5.74, 6) is 6.47. The first-order valence-electron chi connectivity index (χ1n) is 6.63. The molecule has 0 amide bonds. The Balaban J connectivity index is 1.80. The Morgan fingerprint density at radius 3 is 2.28 bits per heavy atom. The Morgan fingerprint density at radius 1 is 1.06 bits per heavy atom. The zero-order chi connectivity index (χ0) is 12.8. The van der Waals surface area contributed by atoms with E-state index in [1.165, 1.54) is 13.1 Å². The van der Waals surface area contributed by atoms with E-state index in [-0.39, 0.29) is 0 Å². The maximum Gasteiger partial charge on any atom is 0.0606 e. The fraction of sp³-hybridized carbons (Fsp3) is 0.438. The zero-order valence-corrected chi connectivity index (χ0v) is 11.2. The number of hydrogen-bond donors (Lipinski definition) is 0. The first-order valence-corrected chi connectivity index (χ1v) is 6.63. The molecule has 18 heavy (non-hydrogen) atoms. The predicted molar refractivity (Wildman–Crippen MR) is 76.3 cm³/mol. The summed E-state index contributed by atoms with van der Waals surface area (Å²) >= 11 is 0. The molecule has 0 saturated carbocycles. The molecule has 1 radical (unpaired) electrons. The van der Waals surface area contributed by atoms with Crippen LogP contribution in [0.3, 0.4) is 0 Å². The van der Waals surface area contributed by atoms with Gasteiger partial charge in [0.2, 0.25) is 0 Å². The van der Waals surface area contributed by atoms with Crippen LogP contribution in [-0.2, 0) is 0 Å². The number of likely N-dealkylation sites (N-methyl/N-ethyl adjacent to an activating group) is 1. The monoisotopic (exact) mass is 241 g/mol. The highest BCUT2D eigenvalue weighted by atomic mass is 15.2. The Bertz CT molecular complexity index is 417. The van der Waals surface area contributed by atoms with Gasteiger partial charge in [0.05, 0.1) is 6.54 Å². The van der Waals surface area contributed by atoms with Gasteiger partial charge >= 0.3 is 0 Å². The molecule has 1 saturated heterocycles. The van der Waals surface area contributed by atoms with E-state index in [4.69, 9.17) is 0 Å². The van der Waals surface area contributed by atoms with Crippen molar-refractivity contribution in [2.75, 3.05) is 39.3 Å². The molecule has 95 valence electrons. The molecule has 0 N–H and O–H groups in total. The molecule has 0 unspecified atom stereocenters. The smallest absolute Gasteiger partial charge is 0.0606 e. The van der Waals surface area contributed by atoms with E-state index in [2.05, 4.69) is 35.5 Å². The van der Waals surface area contributed by atoms with Gasteiger partial charge in [-0.2, -0.15) is 0 Å². The normalized spacial score (nSPS) is 17.2. The van der Waals surface area contributed by atoms with Gasteiger partial charge in [0.25, 0.3) is 0 Å². The van der Waals surface area contributed by atoms with Crippen LogP contribution in [0.25, 0.3) is 0 Å². The lowest BCUT2D eigenvalue weighted by molar-refractivity contribution is 0.150. The minimum atomic E-state index is 0.879. The lowest BCUT2D eigenvalue weighted by Crippen LogP contribution is -2.46. The van der Waals surface area contributed by atoms with Gasteiger partial charge in [0.1, 0.15) is 0 Å². The third kappa shape index (κ3) is 3.87. The minimum absolute atomic E-state index is 0.879. The maximum absolute atomic E-state index is 3.87. The molecular weight excluding hydrogens is 220 g/mol. The molecule has 2 heteroatoms. The van der Waals surface area contributed by atoms with E-state index < -0.39 is 0 Å². The van der Waals surface area contributed by atoms with E-state index in [1.54, 1.807) is 0 Å². The van der Waals surface area contributed by atoms with Gasteiger partial charge in [-0.25, -0.2) is 0 Å². The molecule has 1 aromatic rings. The van der Waals surface area contributed by atoms with Crippen LogP contribution in [0.2, 0.25) is 0 Å². The second-order valence-electron chi connectivity index (χ2n) is 4.71. The lowest BCUT2D eigenvalue weighted by atomic mass is 10.1. The van der Waals surface area contributed by atoms with E-state index in [0.29, 0.717) is 0 Å². The summed E-state index contributed by atoms with van der Waals surface area (Å²) in [6.45, 7) is 12.8. The van der Waals surface area contributed by atoms with E-state index in [0.717, 1.165) is 37.3 Å². The quantitative estimate of drug-likeness (QED) is 0.729. The van der Waals surface area contributed by atoms with Crippen molar-refractivity contribution in [1.29, 1.82) is 0 Å². The highest BCUT2D eigenvalue weighted by Crippen LogP contribution is 2.02. The van der Waals surface area contributed by atoms with Crippen molar-refractivity contribution in [3.8, 4) is 11.8 Å². The van der Waals surface area contributed by atoms with Gasteiger partial charge in [0.15, 0.2) is 0 Å². The molecule has 1 aromatic carbocycles. The molecule has 0 aliphatic carbocycles. The highest BCUT2D eigenvalue weighted by Gasteiger charge is 2.13. The molecule has 1 fully saturated rings. The molecule has 1 heterocycles. The Kier molecular flexibility index (Phi) is 4.81. The second kappa shape index (κ2) is 6.58. The van der Waals surface area contributed by atoms with Crippen LogP contribution in [0.15, 0.2) is 24.3 Å². The molecule has 2 nitrogen and oxygen atoms in total. The molecule has 0 atom stereocenters. The fourth-order valence-corrected chi connectivity index (χ4v) is 2.11. The van der Waals surface area contributed by atoms with Crippen molar-refractivity contribution in [2.24, 2.45) is 0 Å². The van der Waals surface area contributed by atoms with Gasteiger partial charge in [-0.3, -0.25) is 4.90 Å². The summed E-state index contributed by atoms with van der Waals surface area (Å²) in [6, 6.07) is 8.07. The summed E-state index contributed by atoms with van der Waals surface area (Å²) < 4.78 is 0. The summed E-state index contributed by atoms with van der Waals surface area (Å²) in [5, 5.41) is 0. The zero-order valence-electron chi connectivity index (χ0n) is 11.2. The fourth-order valence-electron chi connectivity index (χ4n) is 2.11. The van der Waals surface area contributed by atoms with Gasteiger partial charge in [-0.15, -0.1) is 0 Å². The van der Waals surface area contributed by atoms with Crippen molar-refractivity contribution >= 4 is 0 Å². The number of nitrogens with zero attached hydrogens (tertiary/aromatic N) is 2. The Hall–Kier alpha value is -1.30. The standard InChI is InChI=1S/C16H21N2/c1-3-17-11-13-18(14-12-17)10-4-5-16-8-6-15(2)7-9-16/h6-9H,2-3,10-14H2,1H3. The Labute approximate surface area is 111 Å². The topological polar surface area (TPSA) is 6.48 Å². The molecule has 0 spiro atoms. The van der Waals surface area contributed by atoms with Gasteiger partial charge in [-0.05, 0) is 31.2 Å². The van der Waals surface area contributed by atoms with Gasteiger partial charge in [0, 0.05) is 31.7 Å². The molecule has 0 aromatic heterocycles.